The molecule has 0 spiro atoms. The van der Waals surface area contributed by atoms with Gasteiger partial charge in [-0.25, -0.2) is 8.42 Å². The molecule has 0 aliphatic rings. The molecule has 1 aromatic rings. The van der Waals surface area contributed by atoms with Gasteiger partial charge in [0, 0.05) is 5.56 Å². The average molecular weight is 282 g/mol. The molecule has 1 aromatic carbocycles. The Kier molecular flexibility index (Phi) is 5.67. The summed E-state index contributed by atoms with van der Waals surface area (Å²) >= 11 is 0. The molecule has 0 fully saturated rings. The lowest BCUT2D eigenvalue weighted by molar-refractivity contribution is 0.417. The van der Waals surface area contributed by atoms with E-state index in [0.717, 1.165) is 0 Å². The Bertz CT molecular complexity index is 586. The Morgan fingerprint density at radius 1 is 1.42 bits per heavy atom. The maximum Gasteiger partial charge on any atom is 0.232 e. The van der Waals surface area contributed by atoms with E-state index < -0.39 is 10.0 Å². The zero-order chi connectivity index (χ0) is 14.3. The van der Waals surface area contributed by atoms with E-state index in [0.29, 0.717) is 23.4 Å². The van der Waals surface area contributed by atoms with E-state index in [1.807, 2.05) is 0 Å². The van der Waals surface area contributed by atoms with Crippen molar-refractivity contribution in [1.82, 2.24) is 0 Å². The van der Waals surface area contributed by atoms with Crippen molar-refractivity contribution in [1.29, 1.82) is 0 Å². The van der Waals surface area contributed by atoms with Gasteiger partial charge in [0.25, 0.3) is 0 Å². The topological polar surface area (TPSA) is 81.4 Å². The molecular formula is C13H18N2O3S. The first-order chi connectivity index (χ1) is 9.02. The molecular weight excluding hydrogens is 264 g/mol. The zero-order valence-corrected chi connectivity index (χ0v) is 11.9. The number of benzene rings is 1. The molecule has 104 valence electrons. The summed E-state index contributed by atoms with van der Waals surface area (Å²) in [5.41, 5.74) is 6.37. The Balaban J connectivity index is 3.09. The molecule has 0 unspecified atom stereocenters. The molecule has 6 heteroatoms. The summed E-state index contributed by atoms with van der Waals surface area (Å²) < 4.78 is 31.2. The third-order valence-electron chi connectivity index (χ3n) is 2.27. The molecule has 0 atom stereocenters. The summed E-state index contributed by atoms with van der Waals surface area (Å²) in [6.45, 7) is 2.06. The van der Waals surface area contributed by atoms with Crippen LogP contribution in [0.5, 0.6) is 5.75 Å². The molecule has 0 aromatic heterocycles. The van der Waals surface area contributed by atoms with Gasteiger partial charge >= 0.3 is 0 Å². The van der Waals surface area contributed by atoms with Crippen molar-refractivity contribution in [3.63, 3.8) is 0 Å². The van der Waals surface area contributed by atoms with Crippen molar-refractivity contribution >= 4 is 15.7 Å². The highest BCUT2D eigenvalue weighted by Crippen LogP contribution is 2.26. The molecule has 5 nitrogen and oxygen atoms in total. The summed E-state index contributed by atoms with van der Waals surface area (Å²) in [5.74, 6) is 6.09. The van der Waals surface area contributed by atoms with Gasteiger partial charge in [0.15, 0.2) is 0 Å². The first kappa shape index (κ1) is 15.3. The largest absolute Gasteiger partial charge is 0.495 e. The number of anilines is 1. The predicted molar refractivity (Wildman–Crippen MR) is 76.6 cm³/mol. The van der Waals surface area contributed by atoms with Gasteiger partial charge in [-0.15, -0.1) is 0 Å². The summed E-state index contributed by atoms with van der Waals surface area (Å²) in [4.78, 5) is 0. The highest BCUT2D eigenvalue weighted by Gasteiger charge is 2.12. The second-order valence-corrected chi connectivity index (χ2v) is 5.68. The minimum atomic E-state index is -3.36. The van der Waals surface area contributed by atoms with Gasteiger partial charge < -0.3 is 10.5 Å². The van der Waals surface area contributed by atoms with Gasteiger partial charge in [0.05, 0.1) is 25.1 Å². The zero-order valence-electron chi connectivity index (χ0n) is 11.1. The van der Waals surface area contributed by atoms with Crippen molar-refractivity contribution in [3.8, 4) is 17.6 Å². The van der Waals surface area contributed by atoms with Crippen LogP contribution in [0.3, 0.4) is 0 Å². The van der Waals surface area contributed by atoms with Crippen LogP contribution in [-0.2, 0) is 10.0 Å². The van der Waals surface area contributed by atoms with E-state index in [1.165, 1.54) is 7.11 Å². The van der Waals surface area contributed by atoms with E-state index in [-0.39, 0.29) is 12.3 Å². The molecule has 0 aliphatic heterocycles. The van der Waals surface area contributed by atoms with Gasteiger partial charge in [0.1, 0.15) is 5.75 Å². The molecule has 0 aliphatic carbocycles. The maximum absolute atomic E-state index is 11.8. The molecule has 3 N–H and O–H groups in total. The average Bonchev–Trinajstić information content (AvgIpc) is 2.36. The van der Waals surface area contributed by atoms with Gasteiger partial charge in [-0.3, -0.25) is 4.72 Å². The molecule has 0 radical (unpaired) electrons. The summed E-state index contributed by atoms with van der Waals surface area (Å²) in [7, 11) is -1.87. The molecule has 0 saturated carbocycles. The summed E-state index contributed by atoms with van der Waals surface area (Å²) in [6, 6.07) is 5.05. The number of rotatable bonds is 5. The van der Waals surface area contributed by atoms with Crippen LogP contribution in [0.1, 0.15) is 18.9 Å². The van der Waals surface area contributed by atoms with Gasteiger partial charge in [-0.05, 0) is 24.6 Å². The third-order valence-corrected chi connectivity index (χ3v) is 3.75. The second kappa shape index (κ2) is 7.02. The van der Waals surface area contributed by atoms with E-state index in [1.54, 1.807) is 25.1 Å². The standard InChI is InChI=1S/C13H18N2O3S/c1-3-9-19(16,17)15-12-10-11(5-4-8-14)6-7-13(12)18-2/h6-7,10,15H,3,8-9,14H2,1-2H3. The van der Waals surface area contributed by atoms with Crippen LogP contribution in [-0.4, -0.2) is 27.8 Å². The Labute approximate surface area is 114 Å². The lowest BCUT2D eigenvalue weighted by Gasteiger charge is -2.11. The fraction of sp³-hybridized carbons (Fsp3) is 0.385. The predicted octanol–water partition coefficient (Wildman–Crippen LogP) is 1.16. The Morgan fingerprint density at radius 3 is 2.74 bits per heavy atom. The highest BCUT2D eigenvalue weighted by molar-refractivity contribution is 7.92. The molecule has 0 heterocycles. The Hall–Kier alpha value is -1.71. The van der Waals surface area contributed by atoms with E-state index in [9.17, 15) is 8.42 Å². The van der Waals surface area contributed by atoms with Gasteiger partial charge in [0.2, 0.25) is 10.0 Å². The van der Waals surface area contributed by atoms with E-state index >= 15 is 0 Å². The highest BCUT2D eigenvalue weighted by atomic mass is 32.2. The van der Waals surface area contributed by atoms with Crippen molar-refractivity contribution in [2.24, 2.45) is 5.73 Å². The number of nitrogens with one attached hydrogen (secondary N) is 1. The van der Waals surface area contributed by atoms with Crippen molar-refractivity contribution in [3.05, 3.63) is 23.8 Å². The molecule has 1 rings (SSSR count). The Morgan fingerprint density at radius 2 is 2.16 bits per heavy atom. The van der Waals surface area contributed by atoms with Crippen LogP contribution >= 0.6 is 0 Å². The molecule has 0 amide bonds. The summed E-state index contributed by atoms with van der Waals surface area (Å²) in [6.07, 6.45) is 0.546. The molecule has 0 bridgehead atoms. The van der Waals surface area contributed by atoms with Crippen molar-refractivity contribution < 1.29 is 13.2 Å². The normalized spacial score (nSPS) is 10.5. The molecule has 19 heavy (non-hydrogen) atoms. The number of sulfonamides is 1. The first-order valence-corrected chi connectivity index (χ1v) is 7.55. The van der Waals surface area contributed by atoms with Crippen LogP contribution in [0.4, 0.5) is 5.69 Å². The monoisotopic (exact) mass is 282 g/mol. The van der Waals surface area contributed by atoms with Crippen LogP contribution in [0, 0.1) is 11.8 Å². The van der Waals surface area contributed by atoms with Crippen LogP contribution in [0.15, 0.2) is 18.2 Å². The van der Waals surface area contributed by atoms with Gasteiger partial charge in [-0.1, -0.05) is 18.8 Å². The fourth-order valence-electron chi connectivity index (χ4n) is 1.51. The maximum atomic E-state index is 11.8. The fourth-order valence-corrected chi connectivity index (χ4v) is 2.64. The number of methoxy groups -OCH3 is 1. The van der Waals surface area contributed by atoms with E-state index in [4.69, 9.17) is 10.5 Å². The lowest BCUT2D eigenvalue weighted by atomic mass is 10.2. The van der Waals surface area contributed by atoms with Crippen LogP contribution < -0.4 is 15.2 Å². The third kappa shape index (κ3) is 4.81. The number of nitrogens with two attached hydrogens (primary N) is 1. The number of hydrogen-bond donors (Lipinski definition) is 2. The van der Waals surface area contributed by atoms with Crippen molar-refractivity contribution in [2.75, 3.05) is 24.1 Å². The van der Waals surface area contributed by atoms with Crippen LogP contribution in [0.25, 0.3) is 0 Å². The number of ether oxygens (including phenoxy) is 1. The SMILES string of the molecule is CCCS(=O)(=O)Nc1cc(C#CCN)ccc1OC. The van der Waals surface area contributed by atoms with Crippen molar-refractivity contribution in [2.45, 2.75) is 13.3 Å². The minimum Gasteiger partial charge on any atom is -0.495 e. The molecule has 0 saturated heterocycles. The van der Waals surface area contributed by atoms with Crippen LogP contribution in [0.2, 0.25) is 0 Å². The van der Waals surface area contributed by atoms with Gasteiger partial charge in [-0.2, -0.15) is 0 Å². The smallest absolute Gasteiger partial charge is 0.232 e. The minimum absolute atomic E-state index is 0.0643. The number of hydrogen-bond acceptors (Lipinski definition) is 4. The first-order valence-electron chi connectivity index (χ1n) is 5.90. The quantitative estimate of drug-likeness (QED) is 0.794. The summed E-state index contributed by atoms with van der Waals surface area (Å²) in [5, 5.41) is 0. The second-order valence-electron chi connectivity index (χ2n) is 3.84. The van der Waals surface area contributed by atoms with E-state index in [2.05, 4.69) is 16.6 Å². The lowest BCUT2D eigenvalue weighted by Crippen LogP contribution is -2.16.